The largest absolute Gasteiger partial charge is 0.383 e. The highest BCUT2D eigenvalue weighted by Crippen LogP contribution is 2.30. The Hall–Kier alpha value is -2.08. The first kappa shape index (κ1) is 17.7. The number of carbonyl (C=O) groups excluding carboxylic acids is 1. The average Bonchev–Trinajstić information content (AvgIpc) is 3.20. The van der Waals surface area contributed by atoms with Gasteiger partial charge in [0, 0.05) is 13.3 Å². The maximum atomic E-state index is 12.7. The zero-order valence-corrected chi connectivity index (χ0v) is 15.3. The Labute approximate surface area is 149 Å². The van der Waals surface area contributed by atoms with Gasteiger partial charge in [-0.3, -0.25) is 9.48 Å². The Balaban J connectivity index is 1.72. The summed E-state index contributed by atoms with van der Waals surface area (Å²) in [5.41, 5.74) is 4.17. The Morgan fingerprint density at radius 3 is 3.12 bits per heavy atom. The molecule has 2 aromatic rings. The number of aromatic amines is 1. The van der Waals surface area contributed by atoms with E-state index in [0.717, 1.165) is 31.4 Å². The van der Waals surface area contributed by atoms with Gasteiger partial charge in [-0.05, 0) is 48.8 Å². The van der Waals surface area contributed by atoms with Crippen LogP contribution in [0.5, 0.6) is 0 Å². The van der Waals surface area contributed by atoms with Gasteiger partial charge in [-0.15, -0.1) is 0 Å². The standard InChI is InChI=1S/C19H28N4O2/c1-13(2)9-14-10-17(20-11-14)19(24)22-16-6-4-5-15-12-21-23(18(15)16)7-8-25-3/h10-13,16,20H,4-9H2,1-3H3,(H,22,24). The Kier molecular flexibility index (Phi) is 5.58. The van der Waals surface area contributed by atoms with E-state index < -0.39 is 0 Å². The van der Waals surface area contributed by atoms with E-state index in [0.29, 0.717) is 24.8 Å². The van der Waals surface area contributed by atoms with Crippen molar-refractivity contribution in [1.82, 2.24) is 20.1 Å². The highest BCUT2D eigenvalue weighted by molar-refractivity contribution is 5.92. The Morgan fingerprint density at radius 1 is 1.52 bits per heavy atom. The van der Waals surface area contributed by atoms with E-state index in [-0.39, 0.29) is 11.9 Å². The lowest BCUT2D eigenvalue weighted by Gasteiger charge is -2.25. The van der Waals surface area contributed by atoms with Crippen LogP contribution in [0.25, 0.3) is 0 Å². The fourth-order valence-corrected chi connectivity index (χ4v) is 3.56. The molecule has 1 unspecified atom stereocenters. The first-order valence-corrected chi connectivity index (χ1v) is 9.10. The molecule has 2 aromatic heterocycles. The summed E-state index contributed by atoms with van der Waals surface area (Å²) in [4.78, 5) is 15.8. The zero-order valence-electron chi connectivity index (χ0n) is 15.3. The van der Waals surface area contributed by atoms with Crippen molar-refractivity contribution < 1.29 is 9.53 Å². The van der Waals surface area contributed by atoms with E-state index in [1.165, 1.54) is 11.1 Å². The molecule has 0 fully saturated rings. The molecule has 2 heterocycles. The van der Waals surface area contributed by atoms with Crippen LogP contribution in [0.2, 0.25) is 0 Å². The third-order valence-electron chi connectivity index (χ3n) is 4.67. The number of aromatic nitrogens is 3. The number of nitrogens with one attached hydrogen (secondary N) is 2. The van der Waals surface area contributed by atoms with Gasteiger partial charge in [-0.2, -0.15) is 5.10 Å². The van der Waals surface area contributed by atoms with Crippen molar-refractivity contribution in [2.24, 2.45) is 5.92 Å². The first-order chi connectivity index (χ1) is 12.1. The second-order valence-electron chi connectivity index (χ2n) is 7.21. The fourth-order valence-electron chi connectivity index (χ4n) is 3.56. The second kappa shape index (κ2) is 7.87. The summed E-state index contributed by atoms with van der Waals surface area (Å²) >= 11 is 0. The van der Waals surface area contributed by atoms with Crippen molar-refractivity contribution in [2.45, 2.75) is 52.1 Å². The van der Waals surface area contributed by atoms with Crippen LogP contribution in [0, 0.1) is 5.92 Å². The normalized spacial score (nSPS) is 16.9. The Bertz CT molecular complexity index is 717. The minimum absolute atomic E-state index is 0.00690. The van der Waals surface area contributed by atoms with Gasteiger partial charge in [-0.25, -0.2) is 0 Å². The van der Waals surface area contributed by atoms with E-state index in [9.17, 15) is 4.79 Å². The molecule has 0 spiro atoms. The summed E-state index contributed by atoms with van der Waals surface area (Å²) in [6.45, 7) is 5.68. The van der Waals surface area contributed by atoms with E-state index in [1.807, 2.05) is 23.1 Å². The Morgan fingerprint density at radius 2 is 2.36 bits per heavy atom. The third kappa shape index (κ3) is 4.12. The highest BCUT2D eigenvalue weighted by atomic mass is 16.5. The molecule has 6 heteroatoms. The molecule has 2 N–H and O–H groups in total. The van der Waals surface area contributed by atoms with Gasteiger partial charge < -0.3 is 15.0 Å². The molecule has 0 aliphatic heterocycles. The average molecular weight is 344 g/mol. The second-order valence-corrected chi connectivity index (χ2v) is 7.21. The number of rotatable bonds is 7. The third-order valence-corrected chi connectivity index (χ3v) is 4.67. The molecule has 0 bridgehead atoms. The molecule has 3 rings (SSSR count). The lowest BCUT2D eigenvalue weighted by Crippen LogP contribution is -2.33. The summed E-state index contributed by atoms with van der Waals surface area (Å²) < 4.78 is 7.15. The van der Waals surface area contributed by atoms with Crippen LogP contribution in [-0.2, 0) is 24.1 Å². The molecular formula is C19H28N4O2. The molecule has 25 heavy (non-hydrogen) atoms. The summed E-state index contributed by atoms with van der Waals surface area (Å²) in [7, 11) is 1.69. The number of amides is 1. The van der Waals surface area contributed by atoms with Crippen molar-refractivity contribution >= 4 is 5.91 Å². The SMILES string of the molecule is COCCn1ncc2c1C(NC(=O)c1cc(CC(C)C)c[nH]1)CCC2. The number of nitrogens with zero attached hydrogens (tertiary/aromatic N) is 2. The van der Waals surface area contributed by atoms with Gasteiger partial charge in [0.15, 0.2) is 0 Å². The molecule has 0 radical (unpaired) electrons. The molecule has 1 amide bonds. The first-order valence-electron chi connectivity index (χ1n) is 9.10. The summed E-state index contributed by atoms with van der Waals surface area (Å²) in [5, 5.41) is 7.67. The molecule has 0 aromatic carbocycles. The zero-order chi connectivity index (χ0) is 17.8. The number of hydrogen-bond donors (Lipinski definition) is 2. The van der Waals surface area contributed by atoms with Crippen LogP contribution >= 0.6 is 0 Å². The van der Waals surface area contributed by atoms with Gasteiger partial charge >= 0.3 is 0 Å². The van der Waals surface area contributed by atoms with Gasteiger partial charge in [0.1, 0.15) is 5.69 Å². The van der Waals surface area contributed by atoms with Crippen molar-refractivity contribution in [1.29, 1.82) is 0 Å². The lowest BCUT2D eigenvalue weighted by molar-refractivity contribution is 0.0925. The van der Waals surface area contributed by atoms with E-state index in [2.05, 4.69) is 29.2 Å². The number of hydrogen-bond acceptors (Lipinski definition) is 3. The lowest BCUT2D eigenvalue weighted by atomic mass is 9.93. The van der Waals surface area contributed by atoms with E-state index in [4.69, 9.17) is 4.74 Å². The molecule has 1 atom stereocenters. The molecule has 0 saturated carbocycles. The van der Waals surface area contributed by atoms with Gasteiger partial charge in [0.05, 0.1) is 31.1 Å². The molecule has 136 valence electrons. The minimum Gasteiger partial charge on any atom is -0.383 e. The summed E-state index contributed by atoms with van der Waals surface area (Å²) in [5.74, 6) is 0.523. The van der Waals surface area contributed by atoms with Gasteiger partial charge in [-0.1, -0.05) is 13.8 Å². The monoisotopic (exact) mass is 344 g/mol. The van der Waals surface area contributed by atoms with Crippen LogP contribution in [0.1, 0.15) is 60.0 Å². The number of ether oxygens (including phenoxy) is 1. The van der Waals surface area contributed by atoms with Crippen LogP contribution in [0.3, 0.4) is 0 Å². The highest BCUT2D eigenvalue weighted by Gasteiger charge is 2.27. The topological polar surface area (TPSA) is 71.9 Å². The quantitative estimate of drug-likeness (QED) is 0.811. The number of fused-ring (bicyclic) bond motifs is 1. The predicted octanol–water partition coefficient (Wildman–Crippen LogP) is 2.86. The van der Waals surface area contributed by atoms with Gasteiger partial charge in [0.25, 0.3) is 5.91 Å². The molecule has 1 aliphatic rings. The molecule has 1 aliphatic carbocycles. The summed E-state index contributed by atoms with van der Waals surface area (Å²) in [6, 6.07) is 1.97. The maximum Gasteiger partial charge on any atom is 0.268 e. The van der Waals surface area contributed by atoms with Crippen LogP contribution in [0.4, 0.5) is 0 Å². The number of carbonyl (C=O) groups is 1. The maximum absolute atomic E-state index is 12.7. The summed E-state index contributed by atoms with van der Waals surface area (Å²) in [6.07, 6.45) is 7.87. The van der Waals surface area contributed by atoms with Gasteiger partial charge in [0.2, 0.25) is 0 Å². The fraction of sp³-hybridized carbons (Fsp3) is 0.579. The van der Waals surface area contributed by atoms with Crippen molar-refractivity contribution in [3.05, 3.63) is 41.0 Å². The van der Waals surface area contributed by atoms with E-state index >= 15 is 0 Å². The van der Waals surface area contributed by atoms with Crippen molar-refractivity contribution in [3.8, 4) is 0 Å². The smallest absolute Gasteiger partial charge is 0.268 e. The van der Waals surface area contributed by atoms with Crippen LogP contribution in [-0.4, -0.2) is 34.4 Å². The molecule has 0 saturated heterocycles. The number of H-pyrrole nitrogens is 1. The van der Waals surface area contributed by atoms with E-state index in [1.54, 1.807) is 7.11 Å². The predicted molar refractivity (Wildman–Crippen MR) is 96.6 cm³/mol. The number of methoxy groups -OCH3 is 1. The van der Waals surface area contributed by atoms with Crippen molar-refractivity contribution in [3.63, 3.8) is 0 Å². The minimum atomic E-state index is -0.0488. The number of aryl methyl sites for hydroxylation is 1. The van der Waals surface area contributed by atoms with Crippen LogP contribution in [0.15, 0.2) is 18.5 Å². The molecular weight excluding hydrogens is 316 g/mol. The van der Waals surface area contributed by atoms with Crippen LogP contribution < -0.4 is 5.32 Å². The molecule has 6 nitrogen and oxygen atoms in total. The van der Waals surface area contributed by atoms with Crippen molar-refractivity contribution in [2.75, 3.05) is 13.7 Å².